The first-order valence-electron chi connectivity index (χ1n) is 5.19. The number of nitrogens with zero attached hydrogens (tertiary/aromatic N) is 1. The maximum absolute atomic E-state index is 11.2. The Labute approximate surface area is 95.0 Å². The van der Waals surface area contributed by atoms with Crippen LogP contribution in [0, 0.1) is 5.92 Å². The van der Waals surface area contributed by atoms with E-state index in [2.05, 4.69) is 10.5 Å². The Morgan fingerprint density at radius 1 is 1.50 bits per heavy atom. The highest BCUT2D eigenvalue weighted by atomic mass is 16.3. The van der Waals surface area contributed by atoms with Gasteiger partial charge in [0.15, 0.2) is 0 Å². The van der Waals surface area contributed by atoms with Crippen molar-refractivity contribution in [1.29, 1.82) is 0 Å². The smallest absolute Gasteiger partial charge is 0.240 e. The molecular weight excluding hydrogens is 204 g/mol. The van der Waals surface area contributed by atoms with Crippen LogP contribution in [0.1, 0.15) is 25.8 Å². The van der Waals surface area contributed by atoms with Crippen LogP contribution < -0.4 is 5.43 Å². The predicted molar refractivity (Wildman–Crippen MR) is 63.3 cm³/mol. The molecule has 0 aliphatic carbocycles. The summed E-state index contributed by atoms with van der Waals surface area (Å²) in [5.74, 6) is 0.325. The summed E-state index contributed by atoms with van der Waals surface area (Å²) in [5, 5.41) is 13.2. The maximum Gasteiger partial charge on any atom is 0.240 e. The summed E-state index contributed by atoms with van der Waals surface area (Å²) in [6.45, 7) is 3.93. The lowest BCUT2D eigenvalue weighted by Crippen LogP contribution is -2.19. The van der Waals surface area contributed by atoms with Crippen LogP contribution in [-0.2, 0) is 4.79 Å². The van der Waals surface area contributed by atoms with Crippen molar-refractivity contribution in [2.24, 2.45) is 11.0 Å². The van der Waals surface area contributed by atoms with E-state index in [9.17, 15) is 9.90 Å². The molecule has 0 aliphatic heterocycles. The molecule has 0 aromatic heterocycles. The molecule has 0 radical (unpaired) electrons. The fourth-order valence-corrected chi connectivity index (χ4v) is 1.19. The van der Waals surface area contributed by atoms with E-state index in [0.29, 0.717) is 17.9 Å². The van der Waals surface area contributed by atoms with Crippen molar-refractivity contribution in [3.63, 3.8) is 0 Å². The number of carbonyl (C=O) groups excluding carboxylic acids is 1. The zero-order valence-electron chi connectivity index (χ0n) is 9.47. The van der Waals surface area contributed by atoms with Gasteiger partial charge in [0, 0.05) is 12.0 Å². The summed E-state index contributed by atoms with van der Waals surface area (Å²) >= 11 is 0. The molecule has 0 heterocycles. The molecule has 0 saturated heterocycles. The molecule has 0 atom stereocenters. The van der Waals surface area contributed by atoms with Crippen LogP contribution in [-0.4, -0.2) is 17.2 Å². The van der Waals surface area contributed by atoms with Gasteiger partial charge >= 0.3 is 0 Å². The molecule has 0 spiro atoms. The number of amides is 1. The number of rotatable bonds is 4. The molecular formula is C12H16N2O2. The highest BCUT2D eigenvalue weighted by molar-refractivity contribution is 5.84. The number of benzene rings is 1. The van der Waals surface area contributed by atoms with Crippen LogP contribution >= 0.6 is 0 Å². The molecule has 1 aromatic rings. The number of hydrazone groups is 1. The van der Waals surface area contributed by atoms with Gasteiger partial charge in [0.1, 0.15) is 5.75 Å². The minimum atomic E-state index is -0.123. The second-order valence-corrected chi connectivity index (χ2v) is 3.95. The summed E-state index contributed by atoms with van der Waals surface area (Å²) < 4.78 is 0. The molecule has 16 heavy (non-hydrogen) atoms. The van der Waals surface area contributed by atoms with Gasteiger partial charge in [-0.1, -0.05) is 26.0 Å². The van der Waals surface area contributed by atoms with E-state index in [0.717, 1.165) is 0 Å². The number of hydrogen-bond acceptors (Lipinski definition) is 3. The maximum atomic E-state index is 11.2. The van der Waals surface area contributed by atoms with Crippen molar-refractivity contribution < 1.29 is 9.90 Å². The average Bonchev–Trinajstić information content (AvgIpc) is 2.19. The van der Waals surface area contributed by atoms with Gasteiger partial charge in [0.05, 0.1) is 6.21 Å². The summed E-state index contributed by atoms with van der Waals surface area (Å²) in [4.78, 5) is 11.2. The molecule has 4 nitrogen and oxygen atoms in total. The monoisotopic (exact) mass is 220 g/mol. The first-order valence-corrected chi connectivity index (χ1v) is 5.19. The number of phenolic OH excluding ortho intramolecular Hbond substituents is 1. The third-order valence-electron chi connectivity index (χ3n) is 1.92. The number of phenols is 1. The summed E-state index contributed by atoms with van der Waals surface area (Å²) in [5.41, 5.74) is 2.99. The quantitative estimate of drug-likeness (QED) is 0.601. The van der Waals surface area contributed by atoms with Crippen molar-refractivity contribution in [3.05, 3.63) is 29.8 Å². The summed E-state index contributed by atoms with van der Waals surface area (Å²) in [7, 11) is 0. The van der Waals surface area contributed by atoms with Crippen molar-refractivity contribution in [1.82, 2.24) is 5.43 Å². The highest BCUT2D eigenvalue weighted by Gasteiger charge is 2.02. The van der Waals surface area contributed by atoms with Gasteiger partial charge < -0.3 is 5.11 Å². The largest absolute Gasteiger partial charge is 0.507 e. The van der Waals surface area contributed by atoms with Crippen molar-refractivity contribution >= 4 is 12.1 Å². The van der Waals surface area contributed by atoms with Crippen LogP contribution in [0.5, 0.6) is 5.75 Å². The molecule has 86 valence electrons. The van der Waals surface area contributed by atoms with Crippen LogP contribution in [0.3, 0.4) is 0 Å². The normalized spacial score (nSPS) is 10.9. The van der Waals surface area contributed by atoms with Gasteiger partial charge in [-0.15, -0.1) is 0 Å². The fourth-order valence-electron chi connectivity index (χ4n) is 1.19. The average molecular weight is 220 g/mol. The van der Waals surface area contributed by atoms with Crippen molar-refractivity contribution in [2.75, 3.05) is 0 Å². The van der Waals surface area contributed by atoms with Crippen LogP contribution in [0.25, 0.3) is 0 Å². The van der Waals surface area contributed by atoms with E-state index in [1.54, 1.807) is 24.3 Å². The first-order chi connectivity index (χ1) is 7.59. The fraction of sp³-hybridized carbons (Fsp3) is 0.333. The molecule has 1 amide bonds. The standard InChI is InChI=1S/C12H16N2O2/c1-9(2)7-12(16)14-13-8-10-5-3-4-6-11(10)15/h3-6,8-9,15H,7H2,1-2H3,(H,14,16)/b13-8+. The number of nitrogens with one attached hydrogen (secondary N) is 1. The van der Waals surface area contributed by atoms with Crippen molar-refractivity contribution in [2.45, 2.75) is 20.3 Å². The van der Waals surface area contributed by atoms with E-state index in [4.69, 9.17) is 0 Å². The Bertz CT molecular complexity index is 386. The Kier molecular flexibility index (Phi) is 4.51. The second kappa shape index (κ2) is 5.90. The minimum absolute atomic E-state index is 0.123. The van der Waals surface area contributed by atoms with Gasteiger partial charge in [-0.25, -0.2) is 5.43 Å². The molecule has 0 aliphatic rings. The van der Waals surface area contributed by atoms with Gasteiger partial charge in [-0.05, 0) is 18.1 Å². The molecule has 0 fully saturated rings. The molecule has 0 bridgehead atoms. The van der Waals surface area contributed by atoms with E-state index in [-0.39, 0.29) is 11.7 Å². The highest BCUT2D eigenvalue weighted by Crippen LogP contribution is 2.12. The van der Waals surface area contributed by atoms with E-state index in [1.807, 2.05) is 13.8 Å². The minimum Gasteiger partial charge on any atom is -0.507 e. The lowest BCUT2D eigenvalue weighted by atomic mass is 10.1. The number of carbonyl (C=O) groups is 1. The van der Waals surface area contributed by atoms with Gasteiger partial charge in [-0.2, -0.15) is 5.10 Å². The SMILES string of the molecule is CC(C)CC(=O)N/N=C/c1ccccc1O. The van der Waals surface area contributed by atoms with Gasteiger partial charge in [-0.3, -0.25) is 4.79 Å². The van der Waals surface area contributed by atoms with Crippen LogP contribution in [0.2, 0.25) is 0 Å². The second-order valence-electron chi connectivity index (χ2n) is 3.95. The Morgan fingerprint density at radius 2 is 2.19 bits per heavy atom. The molecule has 0 saturated carbocycles. The summed E-state index contributed by atoms with van der Waals surface area (Å²) in [6, 6.07) is 6.80. The summed E-state index contributed by atoms with van der Waals surface area (Å²) in [6.07, 6.45) is 1.87. The first kappa shape index (κ1) is 12.2. The van der Waals surface area contributed by atoms with Crippen LogP contribution in [0.4, 0.5) is 0 Å². The Hall–Kier alpha value is -1.84. The van der Waals surface area contributed by atoms with E-state index >= 15 is 0 Å². The molecule has 1 aromatic carbocycles. The molecule has 4 heteroatoms. The van der Waals surface area contributed by atoms with Crippen LogP contribution in [0.15, 0.2) is 29.4 Å². The Morgan fingerprint density at radius 3 is 2.81 bits per heavy atom. The Balaban J connectivity index is 2.49. The number of aromatic hydroxyl groups is 1. The van der Waals surface area contributed by atoms with Gasteiger partial charge in [0.25, 0.3) is 0 Å². The predicted octanol–water partition coefficient (Wildman–Crippen LogP) is 1.89. The molecule has 2 N–H and O–H groups in total. The van der Waals surface area contributed by atoms with Gasteiger partial charge in [0.2, 0.25) is 5.91 Å². The van der Waals surface area contributed by atoms with Crippen molar-refractivity contribution in [3.8, 4) is 5.75 Å². The molecule has 1 rings (SSSR count). The zero-order chi connectivity index (χ0) is 12.0. The third-order valence-corrected chi connectivity index (χ3v) is 1.92. The lowest BCUT2D eigenvalue weighted by Gasteiger charge is -2.02. The lowest BCUT2D eigenvalue weighted by molar-refractivity contribution is -0.121. The van der Waals surface area contributed by atoms with E-state index in [1.165, 1.54) is 6.21 Å². The number of para-hydroxylation sites is 1. The van der Waals surface area contributed by atoms with E-state index < -0.39 is 0 Å². The zero-order valence-corrected chi connectivity index (χ0v) is 9.47. The number of hydrogen-bond donors (Lipinski definition) is 2. The topological polar surface area (TPSA) is 61.7 Å². The third kappa shape index (κ3) is 4.13. The molecule has 0 unspecified atom stereocenters.